The van der Waals surface area contributed by atoms with Crippen molar-refractivity contribution in [1.29, 1.82) is 0 Å². The molecule has 3 heterocycles. The van der Waals surface area contributed by atoms with Gasteiger partial charge < -0.3 is 15.2 Å². The highest BCUT2D eigenvalue weighted by atomic mass is 16.2. The highest BCUT2D eigenvalue weighted by Crippen LogP contribution is 2.28. The van der Waals surface area contributed by atoms with E-state index in [1.807, 2.05) is 27.7 Å². The zero-order chi connectivity index (χ0) is 20.9. The van der Waals surface area contributed by atoms with Crippen molar-refractivity contribution in [3.63, 3.8) is 0 Å². The van der Waals surface area contributed by atoms with Crippen LogP contribution in [0.2, 0.25) is 0 Å². The molecular formula is C21H27N5O3. The van der Waals surface area contributed by atoms with Crippen LogP contribution in [0.1, 0.15) is 87.5 Å². The molecule has 29 heavy (non-hydrogen) atoms. The van der Waals surface area contributed by atoms with Crippen molar-refractivity contribution in [2.24, 2.45) is 0 Å². The Labute approximate surface area is 169 Å². The molecule has 8 nitrogen and oxygen atoms in total. The van der Waals surface area contributed by atoms with E-state index in [0.29, 0.717) is 42.9 Å². The largest absolute Gasteiger partial charge is 0.354 e. The van der Waals surface area contributed by atoms with Gasteiger partial charge in [0.1, 0.15) is 5.69 Å². The molecule has 154 valence electrons. The Morgan fingerprint density at radius 3 is 2.59 bits per heavy atom. The lowest BCUT2D eigenvalue weighted by Gasteiger charge is -2.27. The lowest BCUT2D eigenvalue weighted by molar-refractivity contribution is 0.0726. The first-order valence-electron chi connectivity index (χ1n) is 10.1. The highest BCUT2D eigenvalue weighted by molar-refractivity contribution is 6.04. The molecule has 0 saturated carbocycles. The molecule has 4 rings (SSSR count). The second-order valence-corrected chi connectivity index (χ2v) is 8.97. The summed E-state index contributed by atoms with van der Waals surface area (Å²) in [5.41, 5.74) is 4.53. The quantitative estimate of drug-likeness (QED) is 0.722. The molecule has 2 aromatic rings. The first-order chi connectivity index (χ1) is 13.7. The van der Waals surface area contributed by atoms with Crippen LogP contribution in [-0.4, -0.2) is 49.8 Å². The van der Waals surface area contributed by atoms with E-state index in [9.17, 15) is 14.4 Å². The molecule has 0 aromatic carbocycles. The Hall–Kier alpha value is -2.90. The third-order valence-corrected chi connectivity index (χ3v) is 5.58. The summed E-state index contributed by atoms with van der Waals surface area (Å²) in [6.07, 6.45) is 2.72. The zero-order valence-electron chi connectivity index (χ0n) is 17.4. The van der Waals surface area contributed by atoms with Gasteiger partial charge in [-0.3, -0.25) is 19.5 Å². The van der Waals surface area contributed by atoms with Crippen LogP contribution >= 0.6 is 0 Å². The van der Waals surface area contributed by atoms with Crippen molar-refractivity contribution in [3.05, 3.63) is 39.5 Å². The van der Waals surface area contributed by atoms with Crippen LogP contribution in [0.25, 0.3) is 0 Å². The van der Waals surface area contributed by atoms with E-state index in [4.69, 9.17) is 0 Å². The number of amides is 2. The van der Waals surface area contributed by atoms with Gasteiger partial charge in [0.15, 0.2) is 11.5 Å². The molecule has 0 saturated heterocycles. The van der Waals surface area contributed by atoms with Crippen LogP contribution in [0.4, 0.5) is 0 Å². The third-order valence-electron chi connectivity index (χ3n) is 5.58. The Bertz CT molecular complexity index is 1010. The molecule has 0 atom stereocenters. The smallest absolute Gasteiger partial charge is 0.272 e. The van der Waals surface area contributed by atoms with Gasteiger partial charge in [-0.1, -0.05) is 0 Å². The highest BCUT2D eigenvalue weighted by Gasteiger charge is 2.32. The standard InChI is InChI=1S/C21H27N5O3/c1-11-16-13(6-5-7-15(16)27)22-17(11)20(29)26-9-8-12-14(10-26)24-25-18(12)19(28)23-21(2,3)4/h22H,5-10H2,1-4H3,(H,23,28)(H,24,25). The minimum atomic E-state index is -0.346. The molecule has 8 heteroatoms. The first-order valence-corrected chi connectivity index (χ1v) is 10.1. The maximum atomic E-state index is 13.2. The monoisotopic (exact) mass is 397 g/mol. The van der Waals surface area contributed by atoms with Gasteiger partial charge in [-0.15, -0.1) is 0 Å². The van der Waals surface area contributed by atoms with Gasteiger partial charge in [0, 0.05) is 35.3 Å². The predicted octanol–water partition coefficient (Wildman–Crippen LogP) is 2.29. The predicted molar refractivity (Wildman–Crippen MR) is 107 cm³/mol. The number of aromatic nitrogens is 3. The van der Waals surface area contributed by atoms with Gasteiger partial charge in [-0.2, -0.15) is 5.10 Å². The van der Waals surface area contributed by atoms with E-state index >= 15 is 0 Å². The number of aryl methyl sites for hydroxylation is 1. The Kier molecular flexibility index (Phi) is 4.59. The minimum Gasteiger partial charge on any atom is -0.354 e. The number of H-pyrrole nitrogens is 2. The van der Waals surface area contributed by atoms with Crippen LogP contribution in [0.15, 0.2) is 0 Å². The van der Waals surface area contributed by atoms with E-state index in [1.54, 1.807) is 4.90 Å². The van der Waals surface area contributed by atoms with Gasteiger partial charge in [0.25, 0.3) is 11.8 Å². The van der Waals surface area contributed by atoms with Crippen LogP contribution in [-0.2, 0) is 19.4 Å². The van der Waals surface area contributed by atoms with Crippen LogP contribution in [0.5, 0.6) is 0 Å². The number of fused-ring (bicyclic) bond motifs is 2. The second-order valence-electron chi connectivity index (χ2n) is 8.97. The van der Waals surface area contributed by atoms with Gasteiger partial charge in [-0.05, 0) is 52.5 Å². The SMILES string of the molecule is Cc1c(C(=O)N2CCc3c(C(=O)NC(C)(C)C)n[nH]c3C2)[nH]c2c1C(=O)CCC2. The molecule has 2 amide bonds. The maximum Gasteiger partial charge on any atom is 0.272 e. The number of aromatic amines is 2. The number of nitrogens with one attached hydrogen (secondary N) is 3. The number of hydrogen-bond donors (Lipinski definition) is 3. The van der Waals surface area contributed by atoms with Crippen molar-refractivity contribution in [3.8, 4) is 0 Å². The first kappa shape index (κ1) is 19.4. The second kappa shape index (κ2) is 6.86. The topological polar surface area (TPSA) is 111 Å². The van der Waals surface area contributed by atoms with Crippen molar-refractivity contribution >= 4 is 17.6 Å². The number of hydrogen-bond acceptors (Lipinski definition) is 4. The summed E-state index contributed by atoms with van der Waals surface area (Å²) in [7, 11) is 0. The van der Waals surface area contributed by atoms with E-state index in [2.05, 4.69) is 20.5 Å². The Balaban J connectivity index is 1.55. The lowest BCUT2D eigenvalue weighted by Crippen LogP contribution is -2.41. The number of rotatable bonds is 2. The van der Waals surface area contributed by atoms with E-state index in [0.717, 1.165) is 35.4 Å². The average molecular weight is 397 g/mol. The fourth-order valence-electron chi connectivity index (χ4n) is 4.23. The number of carbonyl (C=O) groups excluding carboxylic acids is 3. The van der Waals surface area contributed by atoms with Crippen LogP contribution < -0.4 is 5.32 Å². The Morgan fingerprint density at radius 1 is 1.14 bits per heavy atom. The molecule has 2 aliphatic rings. The molecule has 1 aliphatic heterocycles. The molecule has 0 radical (unpaired) electrons. The average Bonchev–Trinajstić information content (AvgIpc) is 3.21. The van der Waals surface area contributed by atoms with Crippen molar-refractivity contribution in [2.75, 3.05) is 6.54 Å². The summed E-state index contributed by atoms with van der Waals surface area (Å²) >= 11 is 0. The van der Waals surface area contributed by atoms with Crippen LogP contribution in [0, 0.1) is 6.92 Å². The number of nitrogens with zero attached hydrogens (tertiary/aromatic N) is 2. The number of Topliss-reactive ketones (excluding diaryl/α,β-unsaturated/α-hetero) is 1. The van der Waals surface area contributed by atoms with Gasteiger partial charge in [-0.25, -0.2) is 0 Å². The third kappa shape index (κ3) is 3.47. The van der Waals surface area contributed by atoms with E-state index in [1.165, 1.54) is 0 Å². The lowest BCUT2D eigenvalue weighted by atomic mass is 9.93. The van der Waals surface area contributed by atoms with E-state index in [-0.39, 0.29) is 23.1 Å². The zero-order valence-corrected chi connectivity index (χ0v) is 17.4. The summed E-state index contributed by atoms with van der Waals surface area (Å²) in [6.45, 7) is 8.47. The molecule has 0 unspecified atom stereocenters. The number of carbonyl (C=O) groups is 3. The summed E-state index contributed by atoms with van der Waals surface area (Å²) in [4.78, 5) is 42.8. The molecule has 2 aromatic heterocycles. The van der Waals surface area contributed by atoms with Crippen molar-refractivity contribution in [1.82, 2.24) is 25.4 Å². The molecule has 0 bridgehead atoms. The molecule has 1 aliphatic carbocycles. The minimum absolute atomic E-state index is 0.114. The molecule has 0 fully saturated rings. The summed E-state index contributed by atoms with van der Waals surface area (Å²) in [6, 6.07) is 0. The molecule has 3 N–H and O–H groups in total. The summed E-state index contributed by atoms with van der Waals surface area (Å²) in [5.74, 6) is -0.213. The van der Waals surface area contributed by atoms with Gasteiger partial charge in [0.05, 0.1) is 12.2 Å². The fourth-order valence-corrected chi connectivity index (χ4v) is 4.23. The van der Waals surface area contributed by atoms with Crippen molar-refractivity contribution < 1.29 is 14.4 Å². The molecular weight excluding hydrogens is 370 g/mol. The maximum absolute atomic E-state index is 13.2. The van der Waals surface area contributed by atoms with Gasteiger partial charge >= 0.3 is 0 Å². The molecule has 0 spiro atoms. The van der Waals surface area contributed by atoms with Gasteiger partial charge in [0.2, 0.25) is 0 Å². The Morgan fingerprint density at radius 2 is 1.90 bits per heavy atom. The number of ketones is 1. The van der Waals surface area contributed by atoms with E-state index < -0.39 is 0 Å². The van der Waals surface area contributed by atoms with Crippen molar-refractivity contribution in [2.45, 2.75) is 65.5 Å². The fraction of sp³-hybridized carbons (Fsp3) is 0.524. The normalized spacial score (nSPS) is 16.4. The summed E-state index contributed by atoms with van der Waals surface area (Å²) in [5, 5.41) is 10.1. The summed E-state index contributed by atoms with van der Waals surface area (Å²) < 4.78 is 0. The van der Waals surface area contributed by atoms with Crippen LogP contribution in [0.3, 0.4) is 0 Å².